The van der Waals surface area contributed by atoms with Gasteiger partial charge in [0.2, 0.25) is 0 Å². The Labute approximate surface area is 203 Å². The predicted octanol–water partition coefficient (Wildman–Crippen LogP) is 5.68. The van der Waals surface area contributed by atoms with Crippen LogP contribution < -0.4 is 14.4 Å². The van der Waals surface area contributed by atoms with Crippen LogP contribution >= 0.6 is 11.6 Å². The number of amides is 1. The lowest BCUT2D eigenvalue weighted by molar-refractivity contribution is -0.132. The molecule has 0 radical (unpaired) electrons. The first kappa shape index (κ1) is 23.4. The monoisotopic (exact) mass is 477 g/mol. The van der Waals surface area contributed by atoms with Gasteiger partial charge in [0, 0.05) is 16.3 Å². The summed E-state index contributed by atoms with van der Waals surface area (Å²) < 4.78 is 10.9. The van der Waals surface area contributed by atoms with E-state index in [-0.39, 0.29) is 11.3 Å². The van der Waals surface area contributed by atoms with Crippen molar-refractivity contribution in [2.45, 2.75) is 19.9 Å². The molecule has 1 aliphatic heterocycles. The maximum absolute atomic E-state index is 13.3. The van der Waals surface area contributed by atoms with Crippen molar-refractivity contribution in [3.8, 4) is 11.5 Å². The number of ether oxygens (including phenoxy) is 2. The normalized spacial score (nSPS) is 17.2. The van der Waals surface area contributed by atoms with E-state index in [4.69, 9.17) is 21.1 Å². The van der Waals surface area contributed by atoms with E-state index in [0.717, 1.165) is 5.56 Å². The topological polar surface area (TPSA) is 76.1 Å². The van der Waals surface area contributed by atoms with Crippen LogP contribution in [0.3, 0.4) is 0 Å². The third-order valence-electron chi connectivity index (χ3n) is 5.68. The Kier molecular flexibility index (Phi) is 6.61. The smallest absolute Gasteiger partial charge is 0.300 e. The number of aryl methyl sites for hydroxylation is 1. The number of ketones is 1. The molecule has 0 aliphatic carbocycles. The number of benzene rings is 3. The van der Waals surface area contributed by atoms with Crippen LogP contribution in [0.25, 0.3) is 5.76 Å². The molecule has 1 unspecified atom stereocenters. The Bertz CT molecular complexity index is 1300. The maximum Gasteiger partial charge on any atom is 0.300 e. The molecule has 3 aromatic carbocycles. The van der Waals surface area contributed by atoms with Crippen LogP contribution in [-0.2, 0) is 9.59 Å². The highest BCUT2D eigenvalue weighted by Crippen LogP contribution is 2.43. The molecule has 0 bridgehead atoms. The molecule has 174 valence electrons. The molecular formula is C27H24ClNO5. The Balaban J connectivity index is 1.94. The summed E-state index contributed by atoms with van der Waals surface area (Å²) in [5.74, 6) is -0.548. The van der Waals surface area contributed by atoms with Gasteiger partial charge in [-0.25, -0.2) is 0 Å². The summed E-state index contributed by atoms with van der Waals surface area (Å²) >= 11 is 6.19. The lowest BCUT2D eigenvalue weighted by atomic mass is 9.94. The number of rotatable bonds is 6. The van der Waals surface area contributed by atoms with Gasteiger partial charge in [-0.15, -0.1) is 0 Å². The largest absolute Gasteiger partial charge is 0.507 e. The molecular weight excluding hydrogens is 454 g/mol. The molecule has 34 heavy (non-hydrogen) atoms. The molecule has 1 atom stereocenters. The molecule has 1 amide bonds. The lowest BCUT2D eigenvalue weighted by Crippen LogP contribution is -2.29. The van der Waals surface area contributed by atoms with Crippen LogP contribution in [0.1, 0.15) is 29.7 Å². The quantitative estimate of drug-likeness (QED) is 0.281. The van der Waals surface area contributed by atoms with Crippen molar-refractivity contribution in [2.24, 2.45) is 0 Å². The lowest BCUT2D eigenvalue weighted by Gasteiger charge is -2.26. The third kappa shape index (κ3) is 4.24. The van der Waals surface area contributed by atoms with Crippen molar-refractivity contribution >= 4 is 34.7 Å². The zero-order chi connectivity index (χ0) is 24.4. The molecule has 3 aromatic rings. The predicted molar refractivity (Wildman–Crippen MR) is 132 cm³/mol. The first-order valence-electron chi connectivity index (χ1n) is 10.8. The van der Waals surface area contributed by atoms with E-state index >= 15 is 0 Å². The summed E-state index contributed by atoms with van der Waals surface area (Å²) in [6.07, 6.45) is 0. The standard InChI is InChI=1S/C27H24ClNO5/c1-4-34-21-10-5-7-17(14-21)24-23(25(30)18-11-12-22(33-3)16(2)13-18)26(31)27(32)29(24)20-9-6-8-19(28)15-20/h5-15,24,30H,4H2,1-3H3/b25-23+. The van der Waals surface area contributed by atoms with Gasteiger partial charge in [0.1, 0.15) is 17.3 Å². The first-order chi connectivity index (χ1) is 16.3. The van der Waals surface area contributed by atoms with Crippen molar-refractivity contribution in [3.05, 3.63) is 94.0 Å². The van der Waals surface area contributed by atoms with E-state index in [0.29, 0.717) is 39.9 Å². The van der Waals surface area contributed by atoms with Gasteiger partial charge in [0.25, 0.3) is 11.7 Å². The molecule has 1 fully saturated rings. The number of anilines is 1. The number of carbonyl (C=O) groups is 2. The summed E-state index contributed by atoms with van der Waals surface area (Å²) in [6, 6.07) is 18.1. The van der Waals surface area contributed by atoms with Crippen LogP contribution in [0.2, 0.25) is 5.02 Å². The number of Topliss-reactive ketones (excluding diaryl/α,β-unsaturated/α-hetero) is 1. The van der Waals surface area contributed by atoms with Gasteiger partial charge < -0.3 is 14.6 Å². The number of nitrogens with zero attached hydrogens (tertiary/aromatic N) is 1. The van der Waals surface area contributed by atoms with Gasteiger partial charge in [0.05, 0.1) is 25.3 Å². The van der Waals surface area contributed by atoms with Crippen LogP contribution in [-0.4, -0.2) is 30.5 Å². The summed E-state index contributed by atoms with van der Waals surface area (Å²) in [6.45, 7) is 4.17. The minimum atomic E-state index is -0.874. The molecule has 1 N–H and O–H groups in total. The average molecular weight is 478 g/mol. The highest BCUT2D eigenvalue weighted by atomic mass is 35.5. The Morgan fingerprint density at radius 2 is 1.82 bits per heavy atom. The summed E-state index contributed by atoms with van der Waals surface area (Å²) in [4.78, 5) is 27.9. The fraction of sp³-hybridized carbons (Fsp3) is 0.185. The first-order valence-corrected chi connectivity index (χ1v) is 11.2. The Morgan fingerprint density at radius 1 is 1.06 bits per heavy atom. The second-order valence-corrected chi connectivity index (χ2v) is 8.28. The number of methoxy groups -OCH3 is 1. The minimum Gasteiger partial charge on any atom is -0.507 e. The second-order valence-electron chi connectivity index (χ2n) is 7.84. The molecule has 1 saturated heterocycles. The van der Waals surface area contributed by atoms with E-state index < -0.39 is 17.7 Å². The fourth-order valence-electron chi connectivity index (χ4n) is 4.16. The van der Waals surface area contributed by atoms with E-state index in [2.05, 4.69) is 0 Å². The van der Waals surface area contributed by atoms with Crippen LogP contribution in [0, 0.1) is 6.92 Å². The number of halogens is 1. The van der Waals surface area contributed by atoms with Crippen molar-refractivity contribution in [2.75, 3.05) is 18.6 Å². The van der Waals surface area contributed by atoms with E-state index in [1.807, 2.05) is 13.8 Å². The van der Waals surface area contributed by atoms with Crippen molar-refractivity contribution in [3.63, 3.8) is 0 Å². The Hall–Kier alpha value is -3.77. The van der Waals surface area contributed by atoms with Gasteiger partial charge in [-0.05, 0) is 73.5 Å². The molecule has 1 heterocycles. The van der Waals surface area contributed by atoms with Crippen LogP contribution in [0.4, 0.5) is 5.69 Å². The highest BCUT2D eigenvalue weighted by Gasteiger charge is 2.47. The summed E-state index contributed by atoms with van der Waals surface area (Å²) in [7, 11) is 1.56. The van der Waals surface area contributed by atoms with Crippen LogP contribution in [0.5, 0.6) is 11.5 Å². The van der Waals surface area contributed by atoms with Gasteiger partial charge in [0.15, 0.2) is 0 Å². The Morgan fingerprint density at radius 3 is 2.50 bits per heavy atom. The van der Waals surface area contributed by atoms with Gasteiger partial charge in [-0.2, -0.15) is 0 Å². The van der Waals surface area contributed by atoms with Gasteiger partial charge in [-0.3, -0.25) is 14.5 Å². The van der Waals surface area contributed by atoms with Crippen LogP contribution in [0.15, 0.2) is 72.3 Å². The molecule has 6 nitrogen and oxygen atoms in total. The van der Waals surface area contributed by atoms with Gasteiger partial charge in [-0.1, -0.05) is 29.8 Å². The highest BCUT2D eigenvalue weighted by molar-refractivity contribution is 6.51. The summed E-state index contributed by atoms with van der Waals surface area (Å²) in [5.41, 5.74) is 2.25. The number of hydrogen-bond acceptors (Lipinski definition) is 5. The van der Waals surface area contributed by atoms with E-state index in [1.54, 1.807) is 73.8 Å². The number of aliphatic hydroxyl groups is 1. The van der Waals surface area contributed by atoms with Crippen molar-refractivity contribution in [1.82, 2.24) is 0 Å². The maximum atomic E-state index is 13.3. The van der Waals surface area contributed by atoms with Crippen molar-refractivity contribution in [1.29, 1.82) is 0 Å². The van der Waals surface area contributed by atoms with E-state index in [9.17, 15) is 14.7 Å². The molecule has 0 saturated carbocycles. The number of hydrogen-bond donors (Lipinski definition) is 1. The van der Waals surface area contributed by atoms with Gasteiger partial charge >= 0.3 is 0 Å². The minimum absolute atomic E-state index is 0.0109. The fourth-order valence-corrected chi connectivity index (χ4v) is 4.35. The molecule has 7 heteroatoms. The number of aliphatic hydroxyl groups excluding tert-OH is 1. The SMILES string of the molecule is CCOc1cccc(C2/C(=C(\O)c3ccc(OC)c(C)c3)C(=O)C(=O)N2c2cccc(Cl)c2)c1. The van der Waals surface area contributed by atoms with E-state index in [1.165, 1.54) is 4.90 Å². The second kappa shape index (κ2) is 9.61. The molecule has 0 aromatic heterocycles. The zero-order valence-corrected chi connectivity index (χ0v) is 19.8. The molecule has 4 rings (SSSR count). The number of carbonyl (C=O) groups excluding carboxylic acids is 2. The van der Waals surface area contributed by atoms with Crippen molar-refractivity contribution < 1.29 is 24.2 Å². The summed E-state index contributed by atoms with van der Waals surface area (Å²) in [5, 5.41) is 11.7. The molecule has 0 spiro atoms. The third-order valence-corrected chi connectivity index (χ3v) is 5.92. The molecule has 1 aliphatic rings. The average Bonchev–Trinajstić information content (AvgIpc) is 3.09. The zero-order valence-electron chi connectivity index (χ0n) is 19.0.